The molecule has 0 saturated heterocycles. The van der Waals surface area contributed by atoms with Gasteiger partial charge in [-0.3, -0.25) is 4.79 Å². The second-order valence-electron chi connectivity index (χ2n) is 4.58. The van der Waals surface area contributed by atoms with Gasteiger partial charge in [0.1, 0.15) is 4.88 Å². The van der Waals surface area contributed by atoms with Gasteiger partial charge in [-0.1, -0.05) is 29.0 Å². The van der Waals surface area contributed by atoms with Crippen molar-refractivity contribution in [3.8, 4) is 11.5 Å². The maximum atomic E-state index is 12.0. The third kappa shape index (κ3) is 3.90. The number of benzene rings is 1. The number of aryl methyl sites for hydroxylation is 1. The summed E-state index contributed by atoms with van der Waals surface area (Å²) in [6.45, 7) is 2.29. The van der Waals surface area contributed by atoms with E-state index in [0.717, 1.165) is 5.56 Å². The first kappa shape index (κ1) is 16.6. The minimum atomic E-state index is -0.151. The molecule has 0 aliphatic carbocycles. The van der Waals surface area contributed by atoms with Crippen LogP contribution in [0.4, 0.5) is 0 Å². The number of methoxy groups -OCH3 is 2. The molecular formula is C15H17ClN2O3S. The zero-order valence-electron chi connectivity index (χ0n) is 12.6. The maximum Gasteiger partial charge on any atom is 0.263 e. The molecule has 0 aliphatic rings. The van der Waals surface area contributed by atoms with E-state index in [-0.39, 0.29) is 5.91 Å². The van der Waals surface area contributed by atoms with E-state index < -0.39 is 0 Å². The fourth-order valence-electron chi connectivity index (χ4n) is 2.01. The average Bonchev–Trinajstić information content (AvgIpc) is 2.85. The van der Waals surface area contributed by atoms with Gasteiger partial charge < -0.3 is 14.8 Å². The van der Waals surface area contributed by atoms with Crippen molar-refractivity contribution in [2.75, 3.05) is 20.8 Å². The number of hydrogen-bond donors (Lipinski definition) is 1. The number of halogens is 1. The molecule has 2 aromatic rings. The number of nitrogens with one attached hydrogen (secondary N) is 1. The summed E-state index contributed by atoms with van der Waals surface area (Å²) in [5, 5.41) is 2.87. The number of aromatic nitrogens is 1. The highest BCUT2D eigenvalue weighted by atomic mass is 35.5. The number of thiazole rings is 1. The number of nitrogens with zero attached hydrogens (tertiary/aromatic N) is 1. The van der Waals surface area contributed by atoms with Gasteiger partial charge in [0.2, 0.25) is 0 Å². The van der Waals surface area contributed by atoms with E-state index in [1.807, 2.05) is 18.2 Å². The van der Waals surface area contributed by atoms with Gasteiger partial charge in [-0.2, -0.15) is 0 Å². The number of hydrogen-bond acceptors (Lipinski definition) is 5. The van der Waals surface area contributed by atoms with E-state index in [9.17, 15) is 4.79 Å². The van der Waals surface area contributed by atoms with Crippen LogP contribution >= 0.6 is 22.9 Å². The summed E-state index contributed by atoms with van der Waals surface area (Å²) in [5.74, 6) is 1.21. The van der Waals surface area contributed by atoms with Crippen molar-refractivity contribution in [3.63, 3.8) is 0 Å². The Kier molecular flexibility index (Phi) is 5.63. The van der Waals surface area contributed by atoms with E-state index in [0.29, 0.717) is 39.5 Å². The third-order valence-corrected chi connectivity index (χ3v) is 4.38. The lowest BCUT2D eigenvalue weighted by Gasteiger charge is -2.10. The Morgan fingerprint density at radius 2 is 2.05 bits per heavy atom. The maximum absolute atomic E-state index is 12.0. The Morgan fingerprint density at radius 1 is 1.32 bits per heavy atom. The zero-order chi connectivity index (χ0) is 16.1. The standard InChI is InChI=1S/C15H17ClN2O3S/c1-9-13(22-15(16)18-9)14(19)17-7-6-10-4-5-11(20-2)12(8-10)21-3/h4-5,8H,6-7H2,1-3H3,(H,17,19). The summed E-state index contributed by atoms with van der Waals surface area (Å²) in [7, 11) is 3.19. The summed E-state index contributed by atoms with van der Waals surface area (Å²) in [4.78, 5) is 16.6. The number of amides is 1. The highest BCUT2D eigenvalue weighted by Gasteiger charge is 2.14. The molecule has 0 radical (unpaired) electrons. The van der Waals surface area contributed by atoms with Gasteiger partial charge in [0.25, 0.3) is 5.91 Å². The van der Waals surface area contributed by atoms with Crippen LogP contribution in [0.15, 0.2) is 18.2 Å². The van der Waals surface area contributed by atoms with Crippen LogP contribution in [0.3, 0.4) is 0 Å². The van der Waals surface area contributed by atoms with Crippen LogP contribution in [0.2, 0.25) is 4.47 Å². The topological polar surface area (TPSA) is 60.5 Å². The van der Waals surface area contributed by atoms with Crippen LogP contribution in [0.25, 0.3) is 0 Å². The van der Waals surface area contributed by atoms with E-state index in [1.165, 1.54) is 11.3 Å². The molecule has 5 nitrogen and oxygen atoms in total. The van der Waals surface area contributed by atoms with Crippen LogP contribution in [0, 0.1) is 6.92 Å². The molecule has 0 aliphatic heterocycles. The van der Waals surface area contributed by atoms with Gasteiger partial charge in [-0.05, 0) is 31.0 Å². The first-order valence-electron chi connectivity index (χ1n) is 6.67. The van der Waals surface area contributed by atoms with Gasteiger partial charge in [0.05, 0.1) is 19.9 Å². The molecule has 0 saturated carbocycles. The highest BCUT2D eigenvalue weighted by molar-refractivity contribution is 7.17. The van der Waals surface area contributed by atoms with Gasteiger partial charge in [0.15, 0.2) is 16.0 Å². The summed E-state index contributed by atoms with van der Waals surface area (Å²) < 4.78 is 10.8. The lowest BCUT2D eigenvalue weighted by Crippen LogP contribution is -2.25. The summed E-state index contributed by atoms with van der Waals surface area (Å²) >= 11 is 6.99. The van der Waals surface area contributed by atoms with Crippen LogP contribution < -0.4 is 14.8 Å². The van der Waals surface area contributed by atoms with Crippen molar-refractivity contribution in [2.24, 2.45) is 0 Å². The zero-order valence-corrected chi connectivity index (χ0v) is 14.2. The van der Waals surface area contributed by atoms with Gasteiger partial charge in [0, 0.05) is 6.54 Å². The van der Waals surface area contributed by atoms with E-state index >= 15 is 0 Å². The quantitative estimate of drug-likeness (QED) is 0.877. The van der Waals surface area contributed by atoms with E-state index in [2.05, 4.69) is 10.3 Å². The van der Waals surface area contributed by atoms with Crippen molar-refractivity contribution >= 4 is 28.8 Å². The smallest absolute Gasteiger partial charge is 0.263 e. The molecule has 118 valence electrons. The Bertz CT molecular complexity index is 673. The average molecular weight is 341 g/mol. The molecule has 1 aromatic carbocycles. The minimum Gasteiger partial charge on any atom is -0.493 e. The summed E-state index contributed by atoms with van der Waals surface area (Å²) in [5.41, 5.74) is 1.70. The molecule has 7 heteroatoms. The molecule has 0 atom stereocenters. The lowest BCUT2D eigenvalue weighted by atomic mass is 10.1. The number of carbonyl (C=O) groups excluding carboxylic acids is 1. The van der Waals surface area contributed by atoms with Gasteiger partial charge in [-0.15, -0.1) is 0 Å². The first-order chi connectivity index (χ1) is 10.5. The first-order valence-corrected chi connectivity index (χ1v) is 7.86. The largest absolute Gasteiger partial charge is 0.493 e. The number of ether oxygens (including phenoxy) is 2. The Balaban J connectivity index is 1.93. The molecule has 0 spiro atoms. The molecule has 1 heterocycles. The van der Waals surface area contributed by atoms with Crippen molar-refractivity contribution in [3.05, 3.63) is 38.8 Å². The molecule has 2 rings (SSSR count). The second-order valence-corrected chi connectivity index (χ2v) is 6.16. The fraction of sp³-hybridized carbons (Fsp3) is 0.333. The molecular weight excluding hydrogens is 324 g/mol. The fourth-order valence-corrected chi connectivity index (χ4v) is 3.08. The monoisotopic (exact) mass is 340 g/mol. The number of carbonyl (C=O) groups is 1. The molecule has 1 aromatic heterocycles. The van der Waals surface area contributed by atoms with Crippen LogP contribution in [0.1, 0.15) is 20.9 Å². The van der Waals surface area contributed by atoms with E-state index in [1.54, 1.807) is 21.1 Å². The van der Waals surface area contributed by atoms with Crippen LogP contribution in [-0.2, 0) is 6.42 Å². The van der Waals surface area contributed by atoms with Crippen molar-refractivity contribution in [2.45, 2.75) is 13.3 Å². The molecule has 1 amide bonds. The molecule has 0 bridgehead atoms. The second kappa shape index (κ2) is 7.47. The van der Waals surface area contributed by atoms with Crippen molar-refractivity contribution in [1.82, 2.24) is 10.3 Å². The summed E-state index contributed by atoms with van der Waals surface area (Å²) in [6.07, 6.45) is 0.692. The Morgan fingerprint density at radius 3 is 2.64 bits per heavy atom. The van der Waals surface area contributed by atoms with Gasteiger partial charge in [-0.25, -0.2) is 4.98 Å². The molecule has 1 N–H and O–H groups in total. The molecule has 0 fully saturated rings. The van der Waals surface area contributed by atoms with Crippen molar-refractivity contribution in [1.29, 1.82) is 0 Å². The van der Waals surface area contributed by atoms with Crippen molar-refractivity contribution < 1.29 is 14.3 Å². The Labute approximate surface area is 138 Å². The SMILES string of the molecule is COc1ccc(CCNC(=O)c2sc(Cl)nc2C)cc1OC. The minimum absolute atomic E-state index is 0.151. The summed E-state index contributed by atoms with van der Waals surface area (Å²) in [6, 6.07) is 5.70. The highest BCUT2D eigenvalue weighted by Crippen LogP contribution is 2.27. The molecule has 22 heavy (non-hydrogen) atoms. The van der Waals surface area contributed by atoms with E-state index in [4.69, 9.17) is 21.1 Å². The predicted octanol–water partition coefficient (Wildman–Crippen LogP) is 3.09. The third-order valence-electron chi connectivity index (χ3n) is 3.12. The van der Waals surface area contributed by atoms with Crippen LogP contribution in [-0.4, -0.2) is 31.7 Å². The van der Waals surface area contributed by atoms with Crippen LogP contribution in [0.5, 0.6) is 11.5 Å². The normalized spacial score (nSPS) is 10.4. The Hall–Kier alpha value is -1.79. The lowest BCUT2D eigenvalue weighted by molar-refractivity contribution is 0.0957. The number of rotatable bonds is 6. The van der Waals surface area contributed by atoms with Gasteiger partial charge >= 0.3 is 0 Å². The molecule has 0 unspecified atom stereocenters. The predicted molar refractivity (Wildman–Crippen MR) is 87.4 cm³/mol.